The van der Waals surface area contributed by atoms with Gasteiger partial charge in [0.2, 0.25) is 0 Å². The van der Waals surface area contributed by atoms with Gasteiger partial charge in [0, 0.05) is 5.69 Å². The predicted octanol–water partition coefficient (Wildman–Crippen LogP) is 3.13. The third-order valence-corrected chi connectivity index (χ3v) is 2.34. The molecule has 0 spiro atoms. The van der Waals surface area contributed by atoms with E-state index in [1.165, 1.54) is 18.3 Å². The van der Waals surface area contributed by atoms with Crippen LogP contribution in [0.15, 0.2) is 35.0 Å². The summed E-state index contributed by atoms with van der Waals surface area (Å²) in [5.41, 5.74) is 0.575. The highest BCUT2D eigenvalue weighted by atomic mass is 19.4. The molecule has 0 aliphatic heterocycles. The average Bonchev–Trinajstić information content (AvgIpc) is 2.76. The fourth-order valence-corrected chi connectivity index (χ4v) is 1.46. The minimum absolute atomic E-state index is 0.251. The van der Waals surface area contributed by atoms with Crippen LogP contribution in [0.3, 0.4) is 0 Å². The lowest BCUT2D eigenvalue weighted by atomic mass is 10.2. The number of carbonyl (C=O) groups is 1. The van der Waals surface area contributed by atoms with Crippen molar-refractivity contribution in [2.75, 3.05) is 5.32 Å². The Hall–Kier alpha value is -2.51. The number of ether oxygens (including phenoxy) is 1. The Balaban J connectivity index is 2.04. The van der Waals surface area contributed by atoms with Gasteiger partial charge in [0.15, 0.2) is 0 Å². The van der Waals surface area contributed by atoms with E-state index in [9.17, 15) is 18.0 Å². The first-order valence-electron chi connectivity index (χ1n) is 5.43. The van der Waals surface area contributed by atoms with Crippen LogP contribution in [0.4, 0.5) is 18.9 Å². The van der Waals surface area contributed by atoms with Gasteiger partial charge < -0.3 is 14.6 Å². The molecule has 0 aliphatic carbocycles. The van der Waals surface area contributed by atoms with E-state index in [1.54, 1.807) is 6.92 Å². The lowest BCUT2D eigenvalue weighted by molar-refractivity contribution is -0.274. The van der Waals surface area contributed by atoms with E-state index in [4.69, 9.17) is 4.52 Å². The first-order valence-corrected chi connectivity index (χ1v) is 5.43. The molecular weight excluding hydrogens is 277 g/mol. The number of carbonyl (C=O) groups excluding carboxylic acids is 1. The van der Waals surface area contributed by atoms with Gasteiger partial charge in [0.1, 0.15) is 17.1 Å². The first-order chi connectivity index (χ1) is 9.35. The molecule has 8 heteroatoms. The van der Waals surface area contributed by atoms with Crippen molar-refractivity contribution in [1.29, 1.82) is 0 Å². The zero-order valence-electron chi connectivity index (χ0n) is 10.2. The van der Waals surface area contributed by atoms with Crippen molar-refractivity contribution < 1.29 is 27.2 Å². The van der Waals surface area contributed by atoms with Crippen LogP contribution in [0.25, 0.3) is 0 Å². The number of hydrogen-bond donors (Lipinski definition) is 1. The number of nitrogens with zero attached hydrogens (tertiary/aromatic N) is 1. The van der Waals surface area contributed by atoms with Crippen LogP contribution < -0.4 is 10.1 Å². The smallest absolute Gasteiger partial charge is 0.406 e. The molecule has 0 radical (unpaired) electrons. The third-order valence-electron chi connectivity index (χ3n) is 2.34. The lowest BCUT2D eigenvalue weighted by Gasteiger charge is -2.09. The van der Waals surface area contributed by atoms with E-state index < -0.39 is 12.3 Å². The summed E-state index contributed by atoms with van der Waals surface area (Å²) >= 11 is 0. The maximum absolute atomic E-state index is 12.0. The second-order valence-electron chi connectivity index (χ2n) is 3.82. The molecule has 5 nitrogen and oxygen atoms in total. The monoisotopic (exact) mass is 286 g/mol. The number of benzene rings is 1. The number of rotatable bonds is 3. The van der Waals surface area contributed by atoms with Crippen LogP contribution in [0.1, 0.15) is 16.1 Å². The van der Waals surface area contributed by atoms with Crippen molar-refractivity contribution in [2.24, 2.45) is 0 Å². The highest BCUT2D eigenvalue weighted by Crippen LogP contribution is 2.24. The Morgan fingerprint density at radius 2 is 1.95 bits per heavy atom. The van der Waals surface area contributed by atoms with E-state index in [0.29, 0.717) is 11.4 Å². The van der Waals surface area contributed by atoms with Gasteiger partial charge >= 0.3 is 6.36 Å². The number of aromatic nitrogens is 1. The Kier molecular flexibility index (Phi) is 3.64. The molecule has 106 valence electrons. The zero-order chi connectivity index (χ0) is 14.8. The highest BCUT2D eigenvalue weighted by molar-refractivity contribution is 6.04. The molecule has 0 fully saturated rings. The standard InChI is InChI=1S/C12H9F3N2O3/c1-7-10(6-16-20-7)11(18)17-8-2-4-9(5-3-8)19-12(13,14)15/h2-6H,1H3,(H,17,18). The van der Waals surface area contributed by atoms with Crippen molar-refractivity contribution in [3.05, 3.63) is 41.8 Å². The second kappa shape index (κ2) is 5.24. The van der Waals surface area contributed by atoms with E-state index in [1.807, 2.05) is 0 Å². The third kappa shape index (κ3) is 3.50. The van der Waals surface area contributed by atoms with E-state index >= 15 is 0 Å². The summed E-state index contributed by atoms with van der Waals surface area (Å²) in [7, 11) is 0. The topological polar surface area (TPSA) is 64.4 Å². The molecule has 20 heavy (non-hydrogen) atoms. The number of alkyl halides is 3. The normalized spacial score (nSPS) is 11.2. The fourth-order valence-electron chi connectivity index (χ4n) is 1.46. The summed E-state index contributed by atoms with van der Waals surface area (Å²) in [5.74, 6) is -0.482. The molecule has 2 aromatic rings. The fraction of sp³-hybridized carbons (Fsp3) is 0.167. The summed E-state index contributed by atoms with van der Waals surface area (Å²) in [5, 5.41) is 5.96. The molecule has 1 aromatic carbocycles. The number of aryl methyl sites for hydroxylation is 1. The van der Waals surface area contributed by atoms with Gasteiger partial charge in [-0.25, -0.2) is 0 Å². The van der Waals surface area contributed by atoms with Crippen LogP contribution in [0, 0.1) is 6.92 Å². The number of anilines is 1. The maximum Gasteiger partial charge on any atom is 0.573 e. The van der Waals surface area contributed by atoms with E-state index in [0.717, 1.165) is 12.1 Å². The highest BCUT2D eigenvalue weighted by Gasteiger charge is 2.30. The van der Waals surface area contributed by atoms with Gasteiger partial charge in [0.05, 0.1) is 6.20 Å². The van der Waals surface area contributed by atoms with E-state index in [2.05, 4.69) is 15.2 Å². The molecule has 0 saturated heterocycles. The zero-order valence-corrected chi connectivity index (χ0v) is 10.2. The number of nitrogens with one attached hydrogen (secondary N) is 1. The van der Waals surface area contributed by atoms with Crippen LogP contribution in [-0.2, 0) is 0 Å². The van der Waals surface area contributed by atoms with E-state index in [-0.39, 0.29) is 11.3 Å². The first kappa shape index (κ1) is 13.9. The van der Waals surface area contributed by atoms with Crippen molar-refractivity contribution >= 4 is 11.6 Å². The van der Waals surface area contributed by atoms with Crippen LogP contribution in [0.2, 0.25) is 0 Å². The van der Waals surface area contributed by atoms with Gasteiger partial charge in [-0.3, -0.25) is 4.79 Å². The Labute approximate surface area is 111 Å². The Bertz CT molecular complexity index is 605. The predicted molar refractivity (Wildman–Crippen MR) is 62.3 cm³/mol. The van der Waals surface area contributed by atoms with Crippen LogP contribution in [-0.4, -0.2) is 17.4 Å². The Morgan fingerprint density at radius 3 is 2.45 bits per heavy atom. The maximum atomic E-state index is 12.0. The molecule has 0 bridgehead atoms. The van der Waals surface area contributed by atoms with Crippen LogP contribution in [0.5, 0.6) is 5.75 Å². The van der Waals surface area contributed by atoms with Crippen molar-refractivity contribution in [2.45, 2.75) is 13.3 Å². The molecule has 2 rings (SSSR count). The summed E-state index contributed by atoms with van der Waals surface area (Å²) in [6, 6.07) is 4.79. The molecule has 1 heterocycles. The summed E-state index contributed by atoms with van der Waals surface area (Å²) < 4.78 is 44.4. The molecule has 1 aromatic heterocycles. The van der Waals surface area contributed by atoms with Crippen LogP contribution >= 0.6 is 0 Å². The quantitative estimate of drug-likeness (QED) is 0.941. The summed E-state index contributed by atoms with van der Waals surface area (Å²) in [6.45, 7) is 1.57. The molecule has 0 unspecified atom stereocenters. The largest absolute Gasteiger partial charge is 0.573 e. The van der Waals surface area contributed by atoms with Gasteiger partial charge in [-0.1, -0.05) is 5.16 Å². The number of halogens is 3. The molecule has 0 atom stereocenters. The SMILES string of the molecule is Cc1oncc1C(=O)Nc1ccc(OC(F)(F)F)cc1. The minimum atomic E-state index is -4.75. The number of amides is 1. The van der Waals surface area contributed by atoms with Gasteiger partial charge in [0.25, 0.3) is 5.91 Å². The molecule has 0 saturated carbocycles. The lowest BCUT2D eigenvalue weighted by Crippen LogP contribution is -2.17. The summed E-state index contributed by atoms with van der Waals surface area (Å²) in [4.78, 5) is 11.8. The summed E-state index contributed by atoms with van der Waals surface area (Å²) in [6.07, 6.45) is -3.49. The van der Waals surface area contributed by atoms with Gasteiger partial charge in [-0.15, -0.1) is 13.2 Å². The van der Waals surface area contributed by atoms with Gasteiger partial charge in [-0.2, -0.15) is 0 Å². The Morgan fingerprint density at radius 1 is 1.30 bits per heavy atom. The molecular formula is C12H9F3N2O3. The minimum Gasteiger partial charge on any atom is -0.406 e. The average molecular weight is 286 g/mol. The van der Waals surface area contributed by atoms with Gasteiger partial charge in [-0.05, 0) is 31.2 Å². The second-order valence-corrected chi connectivity index (χ2v) is 3.82. The molecule has 0 aliphatic rings. The van der Waals surface area contributed by atoms with Crippen molar-refractivity contribution in [3.8, 4) is 5.75 Å². The number of hydrogen-bond acceptors (Lipinski definition) is 4. The molecule has 1 N–H and O–H groups in total. The van der Waals surface area contributed by atoms with Crippen molar-refractivity contribution in [1.82, 2.24) is 5.16 Å². The molecule has 1 amide bonds. The van der Waals surface area contributed by atoms with Crippen molar-refractivity contribution in [3.63, 3.8) is 0 Å².